The molecule has 0 bridgehead atoms. The Labute approximate surface area is 124 Å². The largest absolute Gasteiger partial charge is 0.340 e. The van der Waals surface area contributed by atoms with Gasteiger partial charge in [-0.1, -0.05) is 35.1 Å². The van der Waals surface area contributed by atoms with Crippen molar-refractivity contribution in [1.29, 1.82) is 0 Å². The summed E-state index contributed by atoms with van der Waals surface area (Å²) in [7, 11) is 0. The maximum absolute atomic E-state index is 12.0. The van der Waals surface area contributed by atoms with E-state index in [1.54, 1.807) is 31.2 Å². The lowest BCUT2D eigenvalue weighted by molar-refractivity contribution is -0.117. The Morgan fingerprint density at radius 1 is 1.35 bits per heavy atom. The number of nitrogens with zero attached hydrogens (tertiary/aromatic N) is 2. The Morgan fingerprint density at radius 2 is 2.10 bits per heavy atom. The van der Waals surface area contributed by atoms with Crippen LogP contribution in [0.2, 0.25) is 5.02 Å². The van der Waals surface area contributed by atoms with E-state index in [4.69, 9.17) is 11.6 Å². The Bertz CT molecular complexity index is 618. The molecule has 0 radical (unpaired) electrons. The van der Waals surface area contributed by atoms with Gasteiger partial charge in [-0.25, -0.2) is 0 Å². The smallest absolute Gasteiger partial charge is 0.253 e. The van der Waals surface area contributed by atoms with Crippen LogP contribution in [0.3, 0.4) is 0 Å². The van der Waals surface area contributed by atoms with E-state index < -0.39 is 11.9 Å². The van der Waals surface area contributed by atoms with Crippen molar-refractivity contribution in [2.75, 3.05) is 5.32 Å². The van der Waals surface area contributed by atoms with E-state index in [2.05, 4.69) is 20.8 Å². The van der Waals surface area contributed by atoms with Crippen molar-refractivity contribution in [2.45, 2.75) is 13.0 Å². The molecule has 2 aromatic rings. The highest BCUT2D eigenvalue weighted by molar-refractivity contribution is 7.13. The first kappa shape index (κ1) is 14.4. The molecule has 2 amide bonds. The van der Waals surface area contributed by atoms with Crippen LogP contribution in [0.1, 0.15) is 17.3 Å². The Kier molecular flexibility index (Phi) is 4.65. The molecule has 2 N–H and O–H groups in total. The van der Waals surface area contributed by atoms with E-state index in [1.807, 2.05) is 0 Å². The van der Waals surface area contributed by atoms with Gasteiger partial charge < -0.3 is 5.32 Å². The van der Waals surface area contributed by atoms with Gasteiger partial charge in [0.2, 0.25) is 11.0 Å². The first-order valence-corrected chi connectivity index (χ1v) is 6.96. The molecule has 0 fully saturated rings. The van der Waals surface area contributed by atoms with Gasteiger partial charge in [0.25, 0.3) is 5.91 Å². The Balaban J connectivity index is 1.97. The topological polar surface area (TPSA) is 84.0 Å². The van der Waals surface area contributed by atoms with Crippen LogP contribution in [-0.4, -0.2) is 28.1 Å². The van der Waals surface area contributed by atoms with Crippen LogP contribution < -0.4 is 10.6 Å². The standard InChI is InChI=1S/C12H11ClN4O2S/c1-7(10(18)16-12-17-14-6-20-12)15-11(19)8-4-2-3-5-9(8)13/h2-7H,1H3,(H,15,19)(H,16,17,18)/t7-/m1/s1. The zero-order valence-corrected chi connectivity index (χ0v) is 12.0. The van der Waals surface area contributed by atoms with Gasteiger partial charge in [-0.3, -0.25) is 14.9 Å². The number of nitrogens with one attached hydrogen (secondary N) is 2. The Morgan fingerprint density at radius 3 is 2.75 bits per heavy atom. The number of hydrogen-bond acceptors (Lipinski definition) is 5. The molecule has 0 aliphatic rings. The van der Waals surface area contributed by atoms with Gasteiger partial charge in [0.1, 0.15) is 11.6 Å². The van der Waals surface area contributed by atoms with Crippen LogP contribution in [0.15, 0.2) is 29.8 Å². The summed E-state index contributed by atoms with van der Waals surface area (Å²) in [6, 6.07) is 5.91. The summed E-state index contributed by atoms with van der Waals surface area (Å²) in [5, 5.41) is 13.1. The number of aromatic nitrogens is 2. The van der Waals surface area contributed by atoms with Gasteiger partial charge in [-0.15, -0.1) is 10.2 Å². The normalized spacial score (nSPS) is 11.7. The van der Waals surface area contributed by atoms with E-state index in [0.717, 1.165) is 0 Å². The van der Waals surface area contributed by atoms with Crippen LogP contribution in [-0.2, 0) is 4.79 Å². The van der Waals surface area contributed by atoms with E-state index >= 15 is 0 Å². The molecular formula is C12H11ClN4O2S. The van der Waals surface area contributed by atoms with Gasteiger partial charge in [-0.2, -0.15) is 0 Å². The fourth-order valence-electron chi connectivity index (χ4n) is 1.43. The zero-order valence-electron chi connectivity index (χ0n) is 10.5. The van der Waals surface area contributed by atoms with Gasteiger partial charge in [0.05, 0.1) is 10.6 Å². The second-order valence-corrected chi connectivity index (χ2v) is 5.15. The molecule has 0 unspecified atom stereocenters. The second kappa shape index (κ2) is 6.44. The molecule has 2 rings (SSSR count). The van der Waals surface area contributed by atoms with Crippen LogP contribution in [0.25, 0.3) is 0 Å². The molecule has 1 atom stereocenters. The zero-order chi connectivity index (χ0) is 14.5. The summed E-state index contributed by atoms with van der Waals surface area (Å²) in [5.41, 5.74) is 1.83. The van der Waals surface area contributed by atoms with Crippen LogP contribution in [0.4, 0.5) is 5.13 Å². The minimum Gasteiger partial charge on any atom is -0.340 e. The SMILES string of the molecule is C[C@@H](NC(=O)c1ccccc1Cl)C(=O)Nc1nncs1. The van der Waals surface area contributed by atoms with Crippen molar-refractivity contribution < 1.29 is 9.59 Å². The summed E-state index contributed by atoms with van der Waals surface area (Å²) in [5.74, 6) is -0.780. The number of rotatable bonds is 4. The highest BCUT2D eigenvalue weighted by Crippen LogP contribution is 2.15. The molecule has 1 aromatic heterocycles. The molecule has 6 nitrogen and oxygen atoms in total. The molecule has 104 valence electrons. The molecule has 8 heteroatoms. The van der Waals surface area contributed by atoms with Crippen LogP contribution in [0, 0.1) is 0 Å². The number of carbonyl (C=O) groups is 2. The molecule has 0 aliphatic carbocycles. The van der Waals surface area contributed by atoms with Crippen LogP contribution >= 0.6 is 22.9 Å². The molecular weight excluding hydrogens is 300 g/mol. The minimum absolute atomic E-state index is 0.324. The van der Waals surface area contributed by atoms with Gasteiger partial charge in [0.15, 0.2) is 0 Å². The van der Waals surface area contributed by atoms with Gasteiger partial charge in [-0.05, 0) is 19.1 Å². The molecule has 0 spiro atoms. The average Bonchev–Trinajstić information content (AvgIpc) is 2.91. The van der Waals surface area contributed by atoms with Crippen molar-refractivity contribution in [2.24, 2.45) is 0 Å². The molecule has 1 heterocycles. The number of hydrogen-bond donors (Lipinski definition) is 2. The maximum atomic E-state index is 12.0. The number of halogens is 1. The fourth-order valence-corrected chi connectivity index (χ4v) is 2.10. The quantitative estimate of drug-likeness (QED) is 0.904. The lowest BCUT2D eigenvalue weighted by Crippen LogP contribution is -2.41. The number of benzene rings is 1. The predicted octanol–water partition coefficient (Wildman–Crippen LogP) is 1.95. The highest BCUT2D eigenvalue weighted by Gasteiger charge is 2.18. The summed E-state index contributed by atoms with van der Waals surface area (Å²) in [4.78, 5) is 23.8. The molecule has 0 saturated carbocycles. The van der Waals surface area contributed by atoms with E-state index in [0.29, 0.717) is 15.7 Å². The first-order valence-electron chi connectivity index (χ1n) is 5.70. The van der Waals surface area contributed by atoms with E-state index in [-0.39, 0.29) is 5.91 Å². The summed E-state index contributed by atoms with van der Waals surface area (Å²) in [6.45, 7) is 1.57. The molecule has 20 heavy (non-hydrogen) atoms. The molecule has 0 aliphatic heterocycles. The average molecular weight is 311 g/mol. The number of carbonyl (C=O) groups excluding carboxylic acids is 2. The van der Waals surface area contributed by atoms with Crippen molar-refractivity contribution in [3.63, 3.8) is 0 Å². The third kappa shape index (κ3) is 3.52. The van der Waals surface area contributed by atoms with Gasteiger partial charge in [0, 0.05) is 0 Å². The van der Waals surface area contributed by atoms with E-state index in [1.165, 1.54) is 16.8 Å². The number of anilines is 1. The molecule has 1 aromatic carbocycles. The minimum atomic E-state index is -0.720. The van der Waals surface area contributed by atoms with Crippen molar-refractivity contribution >= 4 is 39.9 Å². The monoisotopic (exact) mass is 310 g/mol. The first-order chi connectivity index (χ1) is 9.58. The van der Waals surface area contributed by atoms with Crippen molar-refractivity contribution in [1.82, 2.24) is 15.5 Å². The summed E-state index contributed by atoms with van der Waals surface area (Å²) >= 11 is 7.12. The maximum Gasteiger partial charge on any atom is 0.253 e. The van der Waals surface area contributed by atoms with Crippen molar-refractivity contribution in [3.05, 3.63) is 40.4 Å². The molecule has 0 saturated heterocycles. The van der Waals surface area contributed by atoms with E-state index in [9.17, 15) is 9.59 Å². The summed E-state index contributed by atoms with van der Waals surface area (Å²) < 4.78 is 0. The Hall–Kier alpha value is -1.99. The lowest BCUT2D eigenvalue weighted by Gasteiger charge is -2.13. The second-order valence-electron chi connectivity index (χ2n) is 3.91. The third-order valence-electron chi connectivity index (χ3n) is 2.45. The van der Waals surface area contributed by atoms with Crippen molar-refractivity contribution in [3.8, 4) is 0 Å². The lowest BCUT2D eigenvalue weighted by atomic mass is 10.2. The highest BCUT2D eigenvalue weighted by atomic mass is 35.5. The van der Waals surface area contributed by atoms with Crippen LogP contribution in [0.5, 0.6) is 0 Å². The third-order valence-corrected chi connectivity index (χ3v) is 3.39. The fraction of sp³-hybridized carbons (Fsp3) is 0.167. The van der Waals surface area contributed by atoms with Gasteiger partial charge >= 0.3 is 0 Å². The predicted molar refractivity (Wildman–Crippen MR) is 76.9 cm³/mol. The number of amides is 2. The summed E-state index contributed by atoms with van der Waals surface area (Å²) in [6.07, 6.45) is 0.